The Morgan fingerprint density at radius 2 is 1.74 bits per heavy atom. The molecule has 3 aromatic carbocycles. The van der Waals surface area contributed by atoms with Crippen molar-refractivity contribution < 1.29 is 14.3 Å². The van der Waals surface area contributed by atoms with Gasteiger partial charge in [0, 0.05) is 0 Å². The van der Waals surface area contributed by atoms with Crippen molar-refractivity contribution in [3.63, 3.8) is 0 Å². The van der Waals surface area contributed by atoms with Crippen LogP contribution in [0.25, 0.3) is 6.08 Å². The number of carbonyl (C=O) groups is 1. The molecule has 1 aliphatic rings. The molecule has 0 radical (unpaired) electrons. The molecule has 1 heterocycles. The van der Waals surface area contributed by atoms with Crippen molar-refractivity contribution in [3.05, 3.63) is 95.2 Å². The van der Waals surface area contributed by atoms with Crippen LogP contribution in [-0.2, 0) is 11.4 Å². The van der Waals surface area contributed by atoms with Gasteiger partial charge in [-0.3, -0.25) is 9.69 Å². The summed E-state index contributed by atoms with van der Waals surface area (Å²) in [5.74, 6) is 1.04. The lowest BCUT2D eigenvalue weighted by Gasteiger charge is -2.16. The van der Waals surface area contributed by atoms with E-state index in [2.05, 4.69) is 5.32 Å². The normalized spacial score (nSPS) is 14.6. The van der Waals surface area contributed by atoms with Crippen LogP contribution in [-0.4, -0.2) is 18.1 Å². The lowest BCUT2D eigenvalue weighted by atomic mass is 10.1. The minimum atomic E-state index is -0.192. The monoisotopic (exact) mass is 430 g/mol. The van der Waals surface area contributed by atoms with Crippen LogP contribution in [0, 0.1) is 6.92 Å². The van der Waals surface area contributed by atoms with Crippen LogP contribution in [0.1, 0.15) is 16.7 Å². The number of carbonyl (C=O) groups excluding carboxylic acids is 1. The molecule has 0 aromatic heterocycles. The fraction of sp³-hybridized carbons (Fsp3) is 0.120. The number of methoxy groups -OCH3 is 1. The van der Waals surface area contributed by atoms with Crippen molar-refractivity contribution in [3.8, 4) is 11.5 Å². The van der Waals surface area contributed by atoms with Gasteiger partial charge in [0.25, 0.3) is 5.91 Å². The first-order chi connectivity index (χ1) is 15.1. The zero-order valence-electron chi connectivity index (χ0n) is 17.3. The summed E-state index contributed by atoms with van der Waals surface area (Å²) in [6, 6.07) is 23.1. The number of anilines is 1. The molecular weight excluding hydrogens is 408 g/mol. The summed E-state index contributed by atoms with van der Waals surface area (Å²) in [6.45, 7) is 2.39. The fourth-order valence-corrected chi connectivity index (χ4v) is 3.65. The molecule has 156 valence electrons. The molecule has 0 bridgehead atoms. The predicted molar refractivity (Wildman–Crippen MR) is 126 cm³/mol. The van der Waals surface area contributed by atoms with Gasteiger partial charge in [-0.1, -0.05) is 54.6 Å². The number of nitrogens with one attached hydrogen (secondary N) is 1. The van der Waals surface area contributed by atoms with Gasteiger partial charge in [0.2, 0.25) is 0 Å². The minimum Gasteiger partial charge on any atom is -0.493 e. The summed E-state index contributed by atoms with van der Waals surface area (Å²) >= 11 is 5.41. The molecule has 0 aliphatic carbocycles. The maximum Gasteiger partial charge on any atom is 0.281 e. The van der Waals surface area contributed by atoms with Gasteiger partial charge in [0.1, 0.15) is 12.3 Å². The quantitative estimate of drug-likeness (QED) is 0.448. The lowest BCUT2D eigenvalue weighted by molar-refractivity contribution is -0.113. The summed E-state index contributed by atoms with van der Waals surface area (Å²) in [5, 5.41) is 3.38. The van der Waals surface area contributed by atoms with E-state index in [-0.39, 0.29) is 5.91 Å². The van der Waals surface area contributed by atoms with E-state index in [1.807, 2.05) is 79.7 Å². The zero-order valence-corrected chi connectivity index (χ0v) is 18.1. The molecule has 0 saturated carbocycles. The van der Waals surface area contributed by atoms with Crippen molar-refractivity contribution in [2.24, 2.45) is 0 Å². The highest BCUT2D eigenvalue weighted by molar-refractivity contribution is 7.80. The van der Waals surface area contributed by atoms with Gasteiger partial charge in [0.15, 0.2) is 16.6 Å². The summed E-state index contributed by atoms with van der Waals surface area (Å²) < 4.78 is 11.4. The van der Waals surface area contributed by atoms with Gasteiger partial charge in [-0.25, -0.2) is 0 Å². The highest BCUT2D eigenvalue weighted by atomic mass is 32.1. The molecule has 1 aliphatic heterocycles. The number of rotatable bonds is 6. The lowest BCUT2D eigenvalue weighted by Crippen LogP contribution is -2.30. The molecule has 3 aromatic rings. The summed E-state index contributed by atoms with van der Waals surface area (Å²) in [6.07, 6.45) is 1.76. The second-order valence-electron chi connectivity index (χ2n) is 7.10. The number of thiocarbonyl (C=S) groups is 1. The Labute approximate surface area is 186 Å². The van der Waals surface area contributed by atoms with E-state index in [1.165, 1.54) is 4.90 Å². The van der Waals surface area contributed by atoms with Crippen molar-refractivity contribution in [2.45, 2.75) is 13.5 Å². The Morgan fingerprint density at radius 3 is 2.48 bits per heavy atom. The average molecular weight is 431 g/mol. The van der Waals surface area contributed by atoms with E-state index < -0.39 is 0 Å². The second kappa shape index (κ2) is 9.02. The number of hydrogen-bond acceptors (Lipinski definition) is 4. The van der Waals surface area contributed by atoms with Crippen LogP contribution >= 0.6 is 12.2 Å². The Kier molecular flexibility index (Phi) is 6.00. The fourth-order valence-electron chi connectivity index (χ4n) is 3.36. The molecule has 6 heteroatoms. The first-order valence-corrected chi connectivity index (χ1v) is 10.2. The maximum absolute atomic E-state index is 13.0. The van der Waals surface area contributed by atoms with Crippen LogP contribution < -0.4 is 19.7 Å². The van der Waals surface area contributed by atoms with Crippen LogP contribution in [0.4, 0.5) is 5.69 Å². The third-order valence-corrected chi connectivity index (χ3v) is 5.26. The summed E-state index contributed by atoms with van der Waals surface area (Å²) in [5.41, 5.74) is 4.03. The van der Waals surface area contributed by atoms with E-state index in [1.54, 1.807) is 13.2 Å². The van der Waals surface area contributed by atoms with Crippen molar-refractivity contribution in [1.29, 1.82) is 0 Å². The SMILES string of the molecule is COc1cc(/C=C2/NC(=S)N(c3ccccc3C)C2=O)ccc1OCc1ccccc1. The molecule has 1 amide bonds. The van der Waals surface area contributed by atoms with Gasteiger partial charge in [-0.05, 0) is 60.1 Å². The molecule has 0 spiro atoms. The van der Waals surface area contributed by atoms with Gasteiger partial charge >= 0.3 is 0 Å². The maximum atomic E-state index is 13.0. The minimum absolute atomic E-state index is 0.192. The Bertz CT molecular complexity index is 1160. The topological polar surface area (TPSA) is 50.8 Å². The van der Waals surface area contributed by atoms with E-state index in [4.69, 9.17) is 21.7 Å². The molecule has 1 fully saturated rings. The van der Waals surface area contributed by atoms with E-state index in [0.29, 0.717) is 28.9 Å². The number of ether oxygens (including phenoxy) is 2. The van der Waals surface area contributed by atoms with Gasteiger partial charge < -0.3 is 14.8 Å². The average Bonchev–Trinajstić information content (AvgIpc) is 3.06. The van der Waals surface area contributed by atoms with Crippen LogP contribution in [0.5, 0.6) is 11.5 Å². The van der Waals surface area contributed by atoms with E-state index in [0.717, 1.165) is 22.4 Å². The smallest absolute Gasteiger partial charge is 0.281 e. The highest BCUT2D eigenvalue weighted by Crippen LogP contribution is 2.31. The Hall–Kier alpha value is -3.64. The molecule has 5 nitrogen and oxygen atoms in total. The number of para-hydroxylation sites is 1. The molecular formula is C25H22N2O3S. The van der Waals surface area contributed by atoms with Gasteiger partial charge in [-0.2, -0.15) is 0 Å². The molecule has 4 rings (SSSR count). The number of aryl methyl sites for hydroxylation is 1. The standard InChI is InChI=1S/C25H22N2O3S/c1-17-8-6-7-11-21(17)27-24(28)20(26-25(27)31)14-19-12-13-22(23(15-19)29-2)30-16-18-9-4-3-5-10-18/h3-15H,16H2,1-2H3,(H,26,31)/b20-14+. The number of hydrogen-bond donors (Lipinski definition) is 1. The molecule has 0 unspecified atom stereocenters. The summed E-state index contributed by atoms with van der Waals surface area (Å²) in [4.78, 5) is 14.5. The van der Waals surface area contributed by atoms with Crippen LogP contribution in [0.15, 0.2) is 78.5 Å². The van der Waals surface area contributed by atoms with E-state index >= 15 is 0 Å². The Morgan fingerprint density at radius 1 is 1.00 bits per heavy atom. The van der Waals surface area contributed by atoms with Crippen molar-refractivity contribution >= 4 is 35.0 Å². The number of amides is 1. The molecule has 31 heavy (non-hydrogen) atoms. The predicted octanol–water partition coefficient (Wildman–Crippen LogP) is 4.84. The largest absolute Gasteiger partial charge is 0.493 e. The molecule has 1 saturated heterocycles. The van der Waals surface area contributed by atoms with Crippen LogP contribution in [0.3, 0.4) is 0 Å². The Balaban J connectivity index is 1.55. The second-order valence-corrected chi connectivity index (χ2v) is 7.49. The van der Waals surface area contributed by atoms with Gasteiger partial charge in [0.05, 0.1) is 12.8 Å². The number of nitrogens with zero attached hydrogens (tertiary/aromatic N) is 1. The van der Waals surface area contributed by atoms with Gasteiger partial charge in [-0.15, -0.1) is 0 Å². The van der Waals surface area contributed by atoms with E-state index in [9.17, 15) is 4.79 Å². The first kappa shape index (κ1) is 20.6. The van der Waals surface area contributed by atoms with Crippen molar-refractivity contribution in [2.75, 3.05) is 12.0 Å². The molecule has 0 atom stereocenters. The zero-order chi connectivity index (χ0) is 21.8. The third-order valence-electron chi connectivity index (χ3n) is 4.97. The third kappa shape index (κ3) is 4.44. The van der Waals surface area contributed by atoms with Crippen molar-refractivity contribution in [1.82, 2.24) is 5.32 Å². The number of benzene rings is 3. The highest BCUT2D eigenvalue weighted by Gasteiger charge is 2.32. The molecule has 1 N–H and O–H groups in total. The first-order valence-electron chi connectivity index (χ1n) is 9.84. The summed E-state index contributed by atoms with van der Waals surface area (Å²) in [7, 11) is 1.59. The van der Waals surface area contributed by atoms with Crippen LogP contribution in [0.2, 0.25) is 0 Å².